The molecule has 1 atom stereocenters. The smallest absolute Gasteiger partial charge is 0.429 e. The zero-order chi connectivity index (χ0) is 16.3. The summed E-state index contributed by atoms with van der Waals surface area (Å²) >= 11 is 0. The fraction of sp³-hybridized carbons (Fsp3) is 0.133. The molecule has 2 heterocycles. The second kappa shape index (κ2) is 6.07. The standard InChI is InChI=1S/C15H11F3N4O/c16-15(17,18)14(23-13-6-8-19-10-20-13)11-4-1-2-5-12(11)22-9-3-7-21-22/h1-10,14H. The van der Waals surface area contributed by atoms with Crippen molar-refractivity contribution in [1.29, 1.82) is 0 Å². The number of alkyl halides is 3. The lowest BCUT2D eigenvalue weighted by molar-refractivity contribution is -0.198. The van der Waals surface area contributed by atoms with Crippen LogP contribution >= 0.6 is 0 Å². The van der Waals surface area contributed by atoms with Crippen LogP contribution in [0.2, 0.25) is 0 Å². The minimum absolute atomic E-state index is 0.0534. The van der Waals surface area contributed by atoms with Gasteiger partial charge in [-0.3, -0.25) is 0 Å². The molecular formula is C15H11F3N4O. The van der Waals surface area contributed by atoms with E-state index in [2.05, 4.69) is 15.1 Å². The van der Waals surface area contributed by atoms with E-state index in [1.165, 1.54) is 35.3 Å². The lowest BCUT2D eigenvalue weighted by Gasteiger charge is -2.23. The summed E-state index contributed by atoms with van der Waals surface area (Å²) < 4.78 is 47.0. The molecule has 0 aliphatic carbocycles. The Labute approximate surface area is 129 Å². The van der Waals surface area contributed by atoms with E-state index < -0.39 is 12.3 Å². The summed E-state index contributed by atoms with van der Waals surface area (Å²) in [5.74, 6) is -0.155. The Hall–Kier alpha value is -2.90. The van der Waals surface area contributed by atoms with Crippen molar-refractivity contribution >= 4 is 0 Å². The van der Waals surface area contributed by atoms with Crippen LogP contribution in [0, 0.1) is 0 Å². The zero-order valence-electron chi connectivity index (χ0n) is 11.7. The molecule has 0 spiro atoms. The molecule has 5 nitrogen and oxygen atoms in total. The summed E-state index contributed by atoms with van der Waals surface area (Å²) in [4.78, 5) is 7.35. The topological polar surface area (TPSA) is 52.8 Å². The third-order valence-corrected chi connectivity index (χ3v) is 3.06. The van der Waals surface area contributed by atoms with Crippen molar-refractivity contribution in [2.24, 2.45) is 0 Å². The molecule has 0 saturated carbocycles. The van der Waals surface area contributed by atoms with Crippen LogP contribution in [-0.2, 0) is 0 Å². The Morgan fingerprint density at radius 1 is 1.04 bits per heavy atom. The fourth-order valence-electron chi connectivity index (χ4n) is 2.10. The van der Waals surface area contributed by atoms with Gasteiger partial charge in [-0.1, -0.05) is 18.2 Å². The second-order valence-electron chi connectivity index (χ2n) is 4.60. The van der Waals surface area contributed by atoms with Gasteiger partial charge in [0.2, 0.25) is 12.0 Å². The molecule has 1 unspecified atom stereocenters. The first-order chi connectivity index (χ1) is 11.1. The molecule has 23 heavy (non-hydrogen) atoms. The molecule has 0 aliphatic rings. The van der Waals surface area contributed by atoms with Gasteiger partial charge in [-0.15, -0.1) is 0 Å². The highest BCUT2D eigenvalue weighted by Gasteiger charge is 2.44. The van der Waals surface area contributed by atoms with Crippen molar-refractivity contribution in [3.63, 3.8) is 0 Å². The third kappa shape index (κ3) is 3.31. The van der Waals surface area contributed by atoms with Crippen molar-refractivity contribution in [3.8, 4) is 11.6 Å². The molecule has 0 fully saturated rings. The van der Waals surface area contributed by atoms with Crippen LogP contribution < -0.4 is 4.74 Å². The van der Waals surface area contributed by atoms with Gasteiger partial charge in [-0.2, -0.15) is 18.3 Å². The van der Waals surface area contributed by atoms with E-state index in [9.17, 15) is 13.2 Å². The molecule has 3 aromatic rings. The van der Waals surface area contributed by atoms with E-state index in [0.717, 1.165) is 6.33 Å². The van der Waals surface area contributed by atoms with Gasteiger partial charge in [0.25, 0.3) is 0 Å². The molecule has 2 aromatic heterocycles. The quantitative estimate of drug-likeness (QED) is 0.740. The minimum atomic E-state index is -4.62. The number of aromatic nitrogens is 4. The summed E-state index contributed by atoms with van der Waals surface area (Å²) in [7, 11) is 0. The van der Waals surface area contributed by atoms with E-state index in [1.807, 2.05) is 0 Å². The summed E-state index contributed by atoms with van der Waals surface area (Å²) in [5.41, 5.74) is 0.233. The van der Waals surface area contributed by atoms with E-state index in [-0.39, 0.29) is 17.1 Å². The van der Waals surface area contributed by atoms with Gasteiger partial charge in [-0.25, -0.2) is 14.6 Å². The van der Waals surface area contributed by atoms with Crippen molar-refractivity contribution < 1.29 is 17.9 Å². The second-order valence-corrected chi connectivity index (χ2v) is 4.60. The first-order valence-corrected chi connectivity index (χ1v) is 6.64. The predicted molar refractivity (Wildman–Crippen MR) is 75.0 cm³/mol. The van der Waals surface area contributed by atoms with Crippen molar-refractivity contribution in [2.75, 3.05) is 0 Å². The molecule has 0 bridgehead atoms. The first-order valence-electron chi connectivity index (χ1n) is 6.64. The first kappa shape index (κ1) is 15.0. The van der Waals surface area contributed by atoms with Gasteiger partial charge < -0.3 is 4.74 Å². The maximum atomic E-state index is 13.5. The highest BCUT2D eigenvalue weighted by molar-refractivity contribution is 5.42. The van der Waals surface area contributed by atoms with E-state index in [0.29, 0.717) is 0 Å². The summed E-state index contributed by atoms with van der Waals surface area (Å²) in [6.45, 7) is 0. The maximum Gasteiger partial charge on any atom is 0.429 e. The van der Waals surface area contributed by atoms with E-state index >= 15 is 0 Å². The van der Waals surface area contributed by atoms with Gasteiger partial charge in [-0.05, 0) is 12.1 Å². The normalized spacial score (nSPS) is 12.8. The number of ether oxygens (including phenoxy) is 1. The van der Waals surface area contributed by atoms with Crippen LogP contribution in [0.5, 0.6) is 5.88 Å². The minimum Gasteiger partial charge on any atom is -0.460 e. The molecule has 0 N–H and O–H groups in total. The van der Waals surface area contributed by atoms with Crippen molar-refractivity contribution in [1.82, 2.24) is 19.7 Å². The molecule has 118 valence electrons. The van der Waals surface area contributed by atoms with Crippen LogP contribution in [-0.4, -0.2) is 25.9 Å². The highest BCUT2D eigenvalue weighted by Crippen LogP contribution is 2.38. The van der Waals surface area contributed by atoms with Crippen LogP contribution in [0.25, 0.3) is 5.69 Å². The molecule has 3 rings (SSSR count). The van der Waals surface area contributed by atoms with E-state index in [1.54, 1.807) is 24.4 Å². The van der Waals surface area contributed by atoms with Crippen molar-refractivity contribution in [2.45, 2.75) is 12.3 Å². The molecule has 0 amide bonds. The van der Waals surface area contributed by atoms with E-state index in [4.69, 9.17) is 4.74 Å². The Morgan fingerprint density at radius 3 is 2.52 bits per heavy atom. The van der Waals surface area contributed by atoms with Gasteiger partial charge >= 0.3 is 6.18 Å². The lowest BCUT2D eigenvalue weighted by atomic mass is 10.1. The van der Waals surface area contributed by atoms with Crippen LogP contribution in [0.1, 0.15) is 11.7 Å². The highest BCUT2D eigenvalue weighted by atomic mass is 19.4. The molecule has 0 radical (unpaired) electrons. The number of hydrogen-bond donors (Lipinski definition) is 0. The lowest BCUT2D eigenvalue weighted by Crippen LogP contribution is -2.27. The average molecular weight is 320 g/mol. The monoisotopic (exact) mass is 320 g/mol. The SMILES string of the molecule is FC(F)(F)C(Oc1ccncn1)c1ccccc1-n1cccn1. The van der Waals surface area contributed by atoms with Crippen molar-refractivity contribution in [3.05, 3.63) is 66.9 Å². The molecule has 0 aliphatic heterocycles. The number of para-hydroxylation sites is 1. The summed E-state index contributed by atoms with van der Waals surface area (Å²) in [6.07, 6.45) is -1.29. The Balaban J connectivity index is 2.05. The van der Waals surface area contributed by atoms with Crippen LogP contribution in [0.4, 0.5) is 13.2 Å². The molecule has 0 saturated heterocycles. The Kier molecular flexibility index (Phi) is 3.96. The average Bonchev–Trinajstić information content (AvgIpc) is 3.07. The Bertz CT molecular complexity index is 760. The summed E-state index contributed by atoms with van der Waals surface area (Å²) in [5, 5.41) is 3.99. The molecule has 8 heteroatoms. The fourth-order valence-corrected chi connectivity index (χ4v) is 2.10. The van der Waals surface area contributed by atoms with Gasteiger partial charge in [0.05, 0.1) is 5.69 Å². The van der Waals surface area contributed by atoms with Gasteiger partial charge in [0.15, 0.2) is 0 Å². The number of rotatable bonds is 4. The molecule has 1 aromatic carbocycles. The largest absolute Gasteiger partial charge is 0.460 e. The number of benzene rings is 1. The third-order valence-electron chi connectivity index (χ3n) is 3.06. The van der Waals surface area contributed by atoms with Gasteiger partial charge in [0, 0.05) is 30.2 Å². The molecular weight excluding hydrogens is 309 g/mol. The van der Waals surface area contributed by atoms with Crippen LogP contribution in [0.3, 0.4) is 0 Å². The Morgan fingerprint density at radius 2 is 1.87 bits per heavy atom. The zero-order valence-corrected chi connectivity index (χ0v) is 11.7. The predicted octanol–water partition coefficient (Wildman–Crippen LogP) is 3.34. The summed E-state index contributed by atoms with van der Waals surface area (Å²) in [6, 6.07) is 8.96. The van der Waals surface area contributed by atoms with Gasteiger partial charge in [0.1, 0.15) is 6.33 Å². The number of nitrogens with zero attached hydrogens (tertiary/aromatic N) is 4. The number of hydrogen-bond acceptors (Lipinski definition) is 4. The number of halogens is 3. The van der Waals surface area contributed by atoms with Crippen LogP contribution in [0.15, 0.2) is 61.3 Å². The maximum absolute atomic E-state index is 13.5.